The number of hydrogen-bond acceptors (Lipinski definition) is 6. The minimum Gasteiger partial charge on any atom is -0.481 e. The third-order valence-corrected chi connectivity index (χ3v) is 1.90. The van der Waals surface area contributed by atoms with Gasteiger partial charge in [0.15, 0.2) is 0 Å². The number of rotatable bonds is 5. The van der Waals surface area contributed by atoms with E-state index in [1.807, 2.05) is 6.26 Å². The quantitative estimate of drug-likeness (QED) is 0.432. The van der Waals surface area contributed by atoms with Gasteiger partial charge in [0.1, 0.15) is 6.04 Å². The monoisotopic (exact) mass is 321 g/mol. The number of thioether (sulfide) groups is 1. The molecule has 0 aliphatic carbocycles. The Morgan fingerprint density at radius 2 is 1.58 bits per heavy atom. The van der Waals surface area contributed by atoms with Crippen molar-refractivity contribution in [2.75, 3.05) is 12.0 Å². The standard InChI is InChI=1S/C5H11NO2S.C3H6O2.H2O4S/c1-9-3-2-4(6)5(7)8;1-2-3(4)5;1-5(2,3)4/h4H,2-3,6H2,1H3,(H,7,8);2H2,1H3,(H,4,5);(H2,1,2,3,4)/t4-;;/m0../s1. The van der Waals surface area contributed by atoms with E-state index in [1.165, 1.54) is 0 Å². The van der Waals surface area contributed by atoms with Gasteiger partial charge in [-0.1, -0.05) is 6.92 Å². The van der Waals surface area contributed by atoms with E-state index in [-0.39, 0.29) is 6.42 Å². The van der Waals surface area contributed by atoms with E-state index in [4.69, 9.17) is 33.5 Å². The summed E-state index contributed by atoms with van der Waals surface area (Å²) in [5, 5.41) is 16.0. The molecule has 0 aliphatic heterocycles. The Balaban J connectivity index is -0.000000219. The first-order chi connectivity index (χ1) is 8.45. The number of hydrogen-bond donors (Lipinski definition) is 5. The van der Waals surface area contributed by atoms with E-state index in [2.05, 4.69) is 0 Å². The average Bonchev–Trinajstić information content (AvgIpc) is 2.24. The topological polar surface area (TPSA) is 175 Å². The summed E-state index contributed by atoms with van der Waals surface area (Å²) < 4.78 is 31.6. The maximum Gasteiger partial charge on any atom is 0.394 e. The van der Waals surface area contributed by atoms with Crippen molar-refractivity contribution in [3.8, 4) is 0 Å². The van der Waals surface area contributed by atoms with E-state index in [1.54, 1.807) is 18.7 Å². The summed E-state index contributed by atoms with van der Waals surface area (Å²) in [5.74, 6) is -0.845. The second-order valence-electron chi connectivity index (χ2n) is 2.92. The van der Waals surface area contributed by atoms with Gasteiger partial charge < -0.3 is 15.9 Å². The molecule has 0 unspecified atom stereocenters. The highest BCUT2D eigenvalue weighted by Gasteiger charge is 2.08. The van der Waals surface area contributed by atoms with Crippen molar-refractivity contribution in [1.29, 1.82) is 0 Å². The Labute approximate surface area is 115 Å². The zero-order valence-corrected chi connectivity index (χ0v) is 12.1. The lowest BCUT2D eigenvalue weighted by molar-refractivity contribution is -0.138. The number of aliphatic carboxylic acids is 2. The average molecular weight is 321 g/mol. The van der Waals surface area contributed by atoms with Crippen LogP contribution in [0.2, 0.25) is 0 Å². The minimum atomic E-state index is -4.67. The maximum atomic E-state index is 10.1. The van der Waals surface area contributed by atoms with Crippen LogP contribution < -0.4 is 5.73 Å². The van der Waals surface area contributed by atoms with E-state index in [0.717, 1.165) is 5.75 Å². The lowest BCUT2D eigenvalue weighted by Crippen LogP contribution is -2.30. The second kappa shape index (κ2) is 13.5. The van der Waals surface area contributed by atoms with Gasteiger partial charge in [-0.05, 0) is 18.4 Å². The Hall–Kier alpha value is -0.880. The van der Waals surface area contributed by atoms with Crippen LogP contribution in [0.4, 0.5) is 0 Å². The highest BCUT2D eigenvalue weighted by molar-refractivity contribution is 7.98. The molecule has 0 bridgehead atoms. The molecule has 6 N–H and O–H groups in total. The van der Waals surface area contributed by atoms with Gasteiger partial charge in [-0.25, -0.2) is 0 Å². The smallest absolute Gasteiger partial charge is 0.394 e. The molecule has 0 aliphatic rings. The van der Waals surface area contributed by atoms with Gasteiger partial charge in [-0.15, -0.1) is 0 Å². The molecule has 19 heavy (non-hydrogen) atoms. The number of carboxylic acids is 2. The molecule has 1 atom stereocenters. The summed E-state index contributed by atoms with van der Waals surface area (Å²) in [4.78, 5) is 19.4. The third kappa shape index (κ3) is 47.1. The van der Waals surface area contributed by atoms with Gasteiger partial charge in [0.2, 0.25) is 0 Å². The van der Waals surface area contributed by atoms with Crippen LogP contribution >= 0.6 is 11.8 Å². The van der Waals surface area contributed by atoms with Gasteiger partial charge in [0.25, 0.3) is 0 Å². The first kappa shape index (κ1) is 23.2. The predicted molar refractivity (Wildman–Crippen MR) is 70.7 cm³/mol. The maximum absolute atomic E-state index is 10.1. The van der Waals surface area contributed by atoms with Crippen LogP contribution in [0.3, 0.4) is 0 Å². The Morgan fingerprint density at radius 3 is 1.74 bits per heavy atom. The molecule has 0 fully saturated rings. The highest BCUT2D eigenvalue weighted by atomic mass is 32.3. The summed E-state index contributed by atoms with van der Waals surface area (Å²) in [7, 11) is -4.67. The van der Waals surface area contributed by atoms with Crippen LogP contribution in [-0.4, -0.2) is 57.7 Å². The Kier molecular flexibility index (Phi) is 16.6. The molecule has 116 valence electrons. The van der Waals surface area contributed by atoms with Crippen molar-refractivity contribution in [2.45, 2.75) is 25.8 Å². The fourth-order valence-corrected chi connectivity index (χ4v) is 0.858. The van der Waals surface area contributed by atoms with Crippen molar-refractivity contribution in [3.63, 3.8) is 0 Å². The number of nitrogens with two attached hydrogens (primary N) is 1. The van der Waals surface area contributed by atoms with Crippen LogP contribution in [0.25, 0.3) is 0 Å². The molecule has 0 saturated carbocycles. The molecule has 0 heterocycles. The molecule has 0 aromatic heterocycles. The molecule has 0 radical (unpaired) electrons. The first-order valence-corrected chi connectivity index (χ1v) is 7.63. The largest absolute Gasteiger partial charge is 0.481 e. The molecule has 0 amide bonds. The van der Waals surface area contributed by atoms with Crippen molar-refractivity contribution in [3.05, 3.63) is 0 Å². The lowest BCUT2D eigenvalue weighted by atomic mass is 10.2. The summed E-state index contributed by atoms with van der Waals surface area (Å²) in [6, 6.07) is -0.683. The van der Waals surface area contributed by atoms with Gasteiger partial charge in [-0.2, -0.15) is 20.2 Å². The summed E-state index contributed by atoms with van der Waals surface area (Å²) >= 11 is 1.60. The summed E-state index contributed by atoms with van der Waals surface area (Å²) in [6.07, 6.45) is 2.70. The van der Waals surface area contributed by atoms with Gasteiger partial charge in [0.05, 0.1) is 0 Å². The molecular weight excluding hydrogens is 302 g/mol. The van der Waals surface area contributed by atoms with Gasteiger partial charge in [0, 0.05) is 6.42 Å². The van der Waals surface area contributed by atoms with E-state index in [9.17, 15) is 9.59 Å². The molecule has 0 rings (SSSR count). The molecular formula is C8H19NO8S2. The van der Waals surface area contributed by atoms with Crippen LogP contribution in [0.5, 0.6) is 0 Å². The molecule has 0 aromatic carbocycles. The normalized spacial score (nSPS) is 11.2. The van der Waals surface area contributed by atoms with Crippen LogP contribution in [0.1, 0.15) is 19.8 Å². The molecule has 0 aromatic rings. The number of carboxylic acid groups (broad SMARTS) is 2. The van der Waals surface area contributed by atoms with E-state index >= 15 is 0 Å². The predicted octanol–water partition coefficient (Wildman–Crippen LogP) is -0.0204. The van der Waals surface area contributed by atoms with Crippen molar-refractivity contribution >= 4 is 34.1 Å². The van der Waals surface area contributed by atoms with Crippen LogP contribution in [0.15, 0.2) is 0 Å². The summed E-state index contributed by atoms with van der Waals surface area (Å²) in [6.45, 7) is 1.60. The SMILES string of the molecule is CCC(=O)O.CSCC[C@H](N)C(=O)O.O=S(=O)(O)O. The van der Waals surface area contributed by atoms with E-state index in [0.29, 0.717) is 6.42 Å². The minimum absolute atomic E-state index is 0.222. The van der Waals surface area contributed by atoms with Crippen molar-refractivity contribution in [1.82, 2.24) is 0 Å². The fourth-order valence-electron chi connectivity index (χ4n) is 0.368. The molecule has 9 nitrogen and oxygen atoms in total. The highest BCUT2D eigenvalue weighted by Crippen LogP contribution is 1.97. The van der Waals surface area contributed by atoms with E-state index < -0.39 is 28.4 Å². The van der Waals surface area contributed by atoms with Crippen LogP contribution in [0, 0.1) is 0 Å². The molecule has 0 spiro atoms. The van der Waals surface area contributed by atoms with Crippen molar-refractivity contribution in [2.24, 2.45) is 5.73 Å². The summed E-state index contributed by atoms with van der Waals surface area (Å²) in [5.41, 5.74) is 5.19. The van der Waals surface area contributed by atoms with Crippen LogP contribution in [-0.2, 0) is 20.0 Å². The zero-order valence-electron chi connectivity index (χ0n) is 10.5. The molecule has 0 saturated heterocycles. The zero-order chi connectivity index (χ0) is 16.1. The fraction of sp³-hybridized carbons (Fsp3) is 0.750. The Morgan fingerprint density at radius 1 is 1.26 bits per heavy atom. The molecule has 11 heteroatoms. The van der Waals surface area contributed by atoms with Gasteiger partial charge in [-0.3, -0.25) is 18.7 Å². The Bertz CT molecular complexity index is 335. The van der Waals surface area contributed by atoms with Crippen molar-refractivity contribution < 1.29 is 37.3 Å². The lowest BCUT2D eigenvalue weighted by Gasteiger charge is -2.02. The third-order valence-electron chi connectivity index (χ3n) is 1.25. The number of carbonyl (C=O) groups is 2. The second-order valence-corrected chi connectivity index (χ2v) is 4.80. The first-order valence-electron chi connectivity index (χ1n) is 4.84. The van der Waals surface area contributed by atoms with Gasteiger partial charge >= 0.3 is 22.3 Å².